The Labute approximate surface area is 169 Å². The molecule has 9 heteroatoms. The number of carbonyl (C=O) groups is 3. The van der Waals surface area contributed by atoms with Gasteiger partial charge in [-0.1, -0.05) is 18.2 Å². The minimum atomic E-state index is -2.05. The average Bonchev–Trinajstić information content (AvgIpc) is 3.06. The molecule has 1 heterocycles. The largest absolute Gasteiger partial charge is 0.480 e. The van der Waals surface area contributed by atoms with E-state index in [9.17, 15) is 34.7 Å². The summed E-state index contributed by atoms with van der Waals surface area (Å²) in [4.78, 5) is 47.6. The van der Waals surface area contributed by atoms with Crippen molar-refractivity contribution in [1.82, 2.24) is 4.57 Å². The summed E-state index contributed by atoms with van der Waals surface area (Å²) in [5, 5.41) is 30.8. The number of carbonyl (C=O) groups excluding carboxylic acids is 1. The van der Waals surface area contributed by atoms with Crippen LogP contribution in [0.1, 0.15) is 28.0 Å². The molecule has 2 N–H and O–H groups in total. The van der Waals surface area contributed by atoms with Gasteiger partial charge in [0.05, 0.1) is 10.4 Å². The topological polar surface area (TPSA) is 140 Å². The second-order valence-electron chi connectivity index (χ2n) is 7.26. The first-order valence-electron chi connectivity index (χ1n) is 9.13. The second kappa shape index (κ2) is 6.80. The van der Waals surface area contributed by atoms with Gasteiger partial charge in [0.2, 0.25) is 0 Å². The number of rotatable bonds is 4. The van der Waals surface area contributed by atoms with Crippen LogP contribution in [0.5, 0.6) is 0 Å². The quantitative estimate of drug-likeness (QED) is 0.384. The number of carboxylic acid groups (broad SMARTS) is 2. The fourth-order valence-corrected chi connectivity index (χ4v) is 4.09. The Balaban J connectivity index is 2.00. The maximum absolute atomic E-state index is 13.2. The van der Waals surface area contributed by atoms with E-state index in [1.807, 2.05) is 0 Å². The van der Waals surface area contributed by atoms with Crippen molar-refractivity contribution >= 4 is 34.4 Å². The number of carboxylic acids is 2. The third kappa shape index (κ3) is 2.74. The molecule has 0 saturated carbocycles. The van der Waals surface area contributed by atoms with Crippen LogP contribution in [-0.2, 0) is 22.4 Å². The van der Waals surface area contributed by atoms with Gasteiger partial charge in [0.25, 0.3) is 11.6 Å². The maximum Gasteiger partial charge on any atom is 0.321 e. The van der Waals surface area contributed by atoms with Crippen LogP contribution in [-0.4, -0.2) is 37.5 Å². The van der Waals surface area contributed by atoms with Crippen molar-refractivity contribution in [2.24, 2.45) is 5.41 Å². The number of nitro benzene ring substituents is 1. The van der Waals surface area contributed by atoms with Crippen LogP contribution in [0.25, 0.3) is 10.9 Å². The highest BCUT2D eigenvalue weighted by atomic mass is 16.6. The van der Waals surface area contributed by atoms with Gasteiger partial charge in [-0.25, -0.2) is 0 Å². The number of benzene rings is 2. The SMILES string of the molecule is O=C(c1ccccc1)n1c2c(c3cc([N+](=O)[O-])ccc31)CC(C(=O)O)(C(=O)O)CC2. The minimum absolute atomic E-state index is 0.0367. The smallest absolute Gasteiger partial charge is 0.321 e. The molecule has 0 radical (unpaired) electrons. The fraction of sp³-hybridized carbons (Fsp3) is 0.190. The number of hydrogen-bond acceptors (Lipinski definition) is 5. The number of fused-ring (bicyclic) bond motifs is 3. The van der Waals surface area contributed by atoms with E-state index < -0.39 is 22.3 Å². The van der Waals surface area contributed by atoms with Gasteiger partial charge >= 0.3 is 11.9 Å². The van der Waals surface area contributed by atoms with Crippen LogP contribution in [0.2, 0.25) is 0 Å². The summed E-state index contributed by atoms with van der Waals surface area (Å²) in [5.74, 6) is -3.31. The van der Waals surface area contributed by atoms with Gasteiger partial charge in [-0.3, -0.25) is 29.1 Å². The maximum atomic E-state index is 13.2. The molecule has 0 amide bonds. The Kier molecular flexibility index (Phi) is 4.38. The van der Waals surface area contributed by atoms with E-state index in [-0.39, 0.29) is 30.9 Å². The third-order valence-corrected chi connectivity index (χ3v) is 5.68. The molecule has 1 aromatic heterocycles. The van der Waals surface area contributed by atoms with Crippen molar-refractivity contribution in [3.63, 3.8) is 0 Å². The Morgan fingerprint density at radius 1 is 1.03 bits per heavy atom. The molecule has 4 rings (SSSR count). The number of aliphatic carboxylic acids is 2. The molecule has 0 bridgehead atoms. The van der Waals surface area contributed by atoms with Gasteiger partial charge in [-0.15, -0.1) is 0 Å². The molecule has 152 valence electrons. The zero-order chi connectivity index (χ0) is 21.6. The van der Waals surface area contributed by atoms with Gasteiger partial charge in [-0.05, 0) is 36.6 Å². The van der Waals surface area contributed by atoms with E-state index in [0.717, 1.165) is 0 Å². The Hall–Kier alpha value is -4.01. The van der Waals surface area contributed by atoms with E-state index in [0.29, 0.717) is 27.7 Å². The summed E-state index contributed by atoms with van der Waals surface area (Å²) in [6.45, 7) is 0. The van der Waals surface area contributed by atoms with Gasteiger partial charge < -0.3 is 10.2 Å². The lowest BCUT2D eigenvalue weighted by Gasteiger charge is -2.29. The van der Waals surface area contributed by atoms with Crippen molar-refractivity contribution < 1.29 is 29.5 Å². The van der Waals surface area contributed by atoms with Crippen LogP contribution >= 0.6 is 0 Å². The third-order valence-electron chi connectivity index (χ3n) is 5.68. The molecule has 30 heavy (non-hydrogen) atoms. The van der Waals surface area contributed by atoms with E-state index in [1.54, 1.807) is 30.3 Å². The number of non-ortho nitro benzene ring substituents is 1. The van der Waals surface area contributed by atoms with Crippen molar-refractivity contribution in [2.45, 2.75) is 19.3 Å². The van der Waals surface area contributed by atoms with Crippen molar-refractivity contribution in [3.8, 4) is 0 Å². The van der Waals surface area contributed by atoms with E-state index in [2.05, 4.69) is 0 Å². The lowest BCUT2D eigenvalue weighted by atomic mass is 9.72. The first-order valence-corrected chi connectivity index (χ1v) is 9.13. The summed E-state index contributed by atoms with van der Waals surface area (Å²) in [6, 6.07) is 12.4. The number of nitrogens with zero attached hydrogens (tertiary/aromatic N) is 2. The number of aromatic nitrogens is 1. The molecule has 1 aliphatic carbocycles. The number of hydrogen-bond donors (Lipinski definition) is 2. The molecule has 0 unspecified atom stereocenters. The molecule has 0 atom stereocenters. The average molecular weight is 408 g/mol. The van der Waals surface area contributed by atoms with Crippen molar-refractivity contribution in [3.05, 3.63) is 75.5 Å². The van der Waals surface area contributed by atoms with Gasteiger partial charge in [0, 0.05) is 35.2 Å². The normalized spacial score (nSPS) is 14.8. The molecule has 0 fully saturated rings. The molecule has 9 nitrogen and oxygen atoms in total. The predicted molar refractivity (Wildman–Crippen MR) is 104 cm³/mol. The fourth-order valence-electron chi connectivity index (χ4n) is 4.09. The van der Waals surface area contributed by atoms with Gasteiger partial charge in [0.15, 0.2) is 5.41 Å². The highest BCUT2D eigenvalue weighted by Crippen LogP contribution is 2.42. The molecular formula is C21H16N2O7. The Morgan fingerprint density at radius 2 is 1.70 bits per heavy atom. The molecule has 3 aromatic rings. The predicted octanol–water partition coefficient (Wildman–Crippen LogP) is 2.88. The lowest BCUT2D eigenvalue weighted by Crippen LogP contribution is -2.44. The van der Waals surface area contributed by atoms with Crippen LogP contribution in [0.4, 0.5) is 5.69 Å². The highest BCUT2D eigenvalue weighted by molar-refractivity contribution is 6.06. The summed E-state index contributed by atoms with van der Waals surface area (Å²) >= 11 is 0. The first-order chi connectivity index (χ1) is 14.3. The summed E-state index contributed by atoms with van der Waals surface area (Å²) in [5.41, 5.74) is -0.676. The van der Waals surface area contributed by atoms with Gasteiger partial charge in [0.1, 0.15) is 0 Å². The Bertz CT molecular complexity index is 1210. The van der Waals surface area contributed by atoms with E-state index >= 15 is 0 Å². The molecule has 0 saturated heterocycles. The van der Waals surface area contributed by atoms with Gasteiger partial charge in [-0.2, -0.15) is 0 Å². The summed E-state index contributed by atoms with van der Waals surface area (Å²) in [7, 11) is 0. The molecular weight excluding hydrogens is 392 g/mol. The van der Waals surface area contributed by atoms with Crippen molar-refractivity contribution in [1.29, 1.82) is 0 Å². The monoisotopic (exact) mass is 408 g/mol. The zero-order valence-corrected chi connectivity index (χ0v) is 15.6. The zero-order valence-electron chi connectivity index (χ0n) is 15.6. The molecule has 2 aromatic carbocycles. The highest BCUT2D eigenvalue weighted by Gasteiger charge is 2.50. The van der Waals surface area contributed by atoms with E-state index in [1.165, 1.54) is 22.8 Å². The first kappa shape index (κ1) is 19.3. The molecule has 1 aliphatic rings. The van der Waals surface area contributed by atoms with Crippen molar-refractivity contribution in [2.75, 3.05) is 0 Å². The van der Waals surface area contributed by atoms with Crippen LogP contribution in [0, 0.1) is 15.5 Å². The molecule has 0 spiro atoms. The summed E-state index contributed by atoms with van der Waals surface area (Å²) in [6.07, 6.45) is -0.514. The lowest BCUT2D eigenvalue weighted by molar-refractivity contribution is -0.384. The number of nitro groups is 1. The Morgan fingerprint density at radius 3 is 2.30 bits per heavy atom. The molecule has 0 aliphatic heterocycles. The van der Waals surface area contributed by atoms with E-state index in [4.69, 9.17) is 0 Å². The van der Waals surface area contributed by atoms with Crippen LogP contribution in [0.15, 0.2) is 48.5 Å². The second-order valence-corrected chi connectivity index (χ2v) is 7.26. The summed E-state index contributed by atoms with van der Waals surface area (Å²) < 4.78 is 1.41. The van der Waals surface area contributed by atoms with Crippen LogP contribution in [0.3, 0.4) is 0 Å². The minimum Gasteiger partial charge on any atom is -0.480 e. The van der Waals surface area contributed by atoms with Crippen LogP contribution < -0.4 is 0 Å². The standard InChI is InChI=1S/C21H16N2O7/c24-18(12-4-2-1-3-5-12)22-16-7-6-13(23(29)30)10-14(16)15-11-21(19(25)26,20(27)28)9-8-17(15)22/h1-7,10H,8-9,11H2,(H,25,26)(H,27,28).